The summed E-state index contributed by atoms with van der Waals surface area (Å²) >= 11 is 0. The van der Waals surface area contributed by atoms with Crippen LogP contribution in [-0.2, 0) is 20.9 Å². The Bertz CT molecular complexity index is 913. The summed E-state index contributed by atoms with van der Waals surface area (Å²) in [5.74, 6) is -1.14. The summed E-state index contributed by atoms with van der Waals surface area (Å²) in [6.45, 7) is 2.06. The number of amides is 3. The quantitative estimate of drug-likeness (QED) is 0.624. The third-order valence-electron chi connectivity index (χ3n) is 5.65. The van der Waals surface area contributed by atoms with E-state index in [-0.39, 0.29) is 37.2 Å². The van der Waals surface area contributed by atoms with Gasteiger partial charge in [0.1, 0.15) is 5.82 Å². The van der Waals surface area contributed by atoms with E-state index in [2.05, 4.69) is 5.32 Å². The smallest absolute Gasteiger partial charge is 0.241 e. The van der Waals surface area contributed by atoms with Crippen molar-refractivity contribution < 1.29 is 18.8 Å². The van der Waals surface area contributed by atoms with Gasteiger partial charge in [-0.1, -0.05) is 30.3 Å². The lowest BCUT2D eigenvalue weighted by molar-refractivity contribution is -0.126. The van der Waals surface area contributed by atoms with E-state index in [0.29, 0.717) is 38.2 Å². The Morgan fingerprint density at radius 1 is 1.03 bits per heavy atom. The number of anilines is 1. The highest BCUT2D eigenvalue weighted by Gasteiger charge is 2.27. The number of hydrogen-bond acceptors (Lipinski definition) is 4. The van der Waals surface area contributed by atoms with E-state index in [0.717, 1.165) is 5.56 Å². The number of halogens is 1. The first-order valence-electron chi connectivity index (χ1n) is 10.8. The minimum absolute atomic E-state index is 0.0206. The molecule has 7 nitrogen and oxygen atoms in total. The molecule has 1 aliphatic heterocycles. The van der Waals surface area contributed by atoms with Crippen LogP contribution in [0, 0.1) is 11.7 Å². The molecule has 1 saturated heterocycles. The molecule has 0 radical (unpaired) electrons. The van der Waals surface area contributed by atoms with Gasteiger partial charge in [0.25, 0.3) is 0 Å². The lowest BCUT2D eigenvalue weighted by atomic mass is 9.95. The Hall–Kier alpha value is -3.26. The number of hydrogen-bond donors (Lipinski definition) is 2. The molecule has 1 aliphatic rings. The first-order chi connectivity index (χ1) is 15.4. The molecule has 0 spiro atoms. The minimum Gasteiger partial charge on any atom is -0.370 e. The molecular formula is C24H29FN4O3. The molecule has 0 aromatic heterocycles. The molecule has 8 heteroatoms. The number of benzene rings is 2. The van der Waals surface area contributed by atoms with Crippen LogP contribution in [0.25, 0.3) is 0 Å². The van der Waals surface area contributed by atoms with Gasteiger partial charge in [-0.3, -0.25) is 19.3 Å². The van der Waals surface area contributed by atoms with E-state index in [1.165, 1.54) is 29.2 Å². The zero-order valence-electron chi connectivity index (χ0n) is 18.0. The van der Waals surface area contributed by atoms with Crippen molar-refractivity contribution in [1.82, 2.24) is 10.2 Å². The van der Waals surface area contributed by atoms with Crippen LogP contribution < -0.4 is 16.0 Å². The monoisotopic (exact) mass is 440 g/mol. The molecular weight excluding hydrogens is 411 g/mol. The van der Waals surface area contributed by atoms with Crippen LogP contribution in [0.15, 0.2) is 54.6 Å². The second-order valence-electron chi connectivity index (χ2n) is 7.99. The summed E-state index contributed by atoms with van der Waals surface area (Å²) in [5, 5.41) is 2.99. The molecule has 0 atom stereocenters. The second kappa shape index (κ2) is 11.4. The lowest BCUT2D eigenvalue weighted by Crippen LogP contribution is -2.46. The fourth-order valence-corrected chi connectivity index (χ4v) is 3.80. The fourth-order valence-electron chi connectivity index (χ4n) is 3.80. The van der Waals surface area contributed by atoms with E-state index in [1.807, 2.05) is 35.2 Å². The molecule has 2 aromatic carbocycles. The molecule has 3 N–H and O–H groups in total. The highest BCUT2D eigenvalue weighted by Crippen LogP contribution is 2.20. The molecule has 1 fully saturated rings. The molecule has 2 aromatic rings. The topological polar surface area (TPSA) is 95.7 Å². The summed E-state index contributed by atoms with van der Waals surface area (Å²) in [5.41, 5.74) is 6.82. The number of nitrogens with one attached hydrogen (secondary N) is 1. The van der Waals surface area contributed by atoms with Crippen molar-refractivity contribution in [2.75, 3.05) is 31.1 Å². The minimum atomic E-state index is -0.507. The highest BCUT2D eigenvalue weighted by molar-refractivity contribution is 5.95. The van der Waals surface area contributed by atoms with Crippen LogP contribution in [0.5, 0.6) is 0 Å². The molecule has 3 amide bonds. The van der Waals surface area contributed by atoms with Crippen LogP contribution in [0.3, 0.4) is 0 Å². The molecule has 0 saturated carbocycles. The van der Waals surface area contributed by atoms with Gasteiger partial charge in [0.2, 0.25) is 17.7 Å². The summed E-state index contributed by atoms with van der Waals surface area (Å²) in [7, 11) is 0. The van der Waals surface area contributed by atoms with Gasteiger partial charge in [-0.15, -0.1) is 0 Å². The lowest BCUT2D eigenvalue weighted by Gasteiger charge is -2.32. The van der Waals surface area contributed by atoms with Gasteiger partial charge in [-0.2, -0.15) is 0 Å². The average Bonchev–Trinajstić information content (AvgIpc) is 2.80. The fraction of sp³-hybridized carbons (Fsp3) is 0.375. The summed E-state index contributed by atoms with van der Waals surface area (Å²) in [6, 6.07) is 15.3. The molecule has 1 heterocycles. The second-order valence-corrected chi connectivity index (χ2v) is 7.99. The van der Waals surface area contributed by atoms with Gasteiger partial charge >= 0.3 is 0 Å². The van der Waals surface area contributed by atoms with Crippen LogP contribution in [-0.4, -0.2) is 48.8 Å². The normalized spacial score (nSPS) is 14.7. The molecule has 170 valence electrons. The van der Waals surface area contributed by atoms with Crippen molar-refractivity contribution in [3.05, 3.63) is 66.0 Å². The molecule has 3 rings (SSSR count). The van der Waals surface area contributed by atoms with Gasteiger partial charge in [0.05, 0.1) is 6.54 Å². The van der Waals surface area contributed by atoms with Crippen LogP contribution >= 0.6 is 0 Å². The Labute approximate surface area is 187 Å². The number of nitrogens with two attached hydrogens (primary N) is 1. The zero-order chi connectivity index (χ0) is 22.9. The van der Waals surface area contributed by atoms with Crippen molar-refractivity contribution in [2.24, 2.45) is 11.7 Å². The molecule has 0 unspecified atom stereocenters. The zero-order valence-corrected chi connectivity index (χ0v) is 18.0. The van der Waals surface area contributed by atoms with Crippen molar-refractivity contribution >= 4 is 23.4 Å². The third kappa shape index (κ3) is 6.88. The molecule has 32 heavy (non-hydrogen) atoms. The van der Waals surface area contributed by atoms with Crippen molar-refractivity contribution in [3.63, 3.8) is 0 Å². The van der Waals surface area contributed by atoms with E-state index in [1.54, 1.807) is 0 Å². The van der Waals surface area contributed by atoms with Crippen LogP contribution in [0.2, 0.25) is 0 Å². The number of nitrogens with zero attached hydrogens (tertiary/aromatic N) is 2. The summed E-state index contributed by atoms with van der Waals surface area (Å²) in [4.78, 5) is 40.1. The largest absolute Gasteiger partial charge is 0.370 e. The highest BCUT2D eigenvalue weighted by atomic mass is 19.1. The molecule has 0 aliphatic carbocycles. The Morgan fingerprint density at radius 2 is 1.69 bits per heavy atom. The third-order valence-corrected chi connectivity index (χ3v) is 5.65. The van der Waals surface area contributed by atoms with E-state index >= 15 is 0 Å². The van der Waals surface area contributed by atoms with E-state index in [4.69, 9.17) is 5.73 Å². The van der Waals surface area contributed by atoms with Crippen molar-refractivity contribution in [2.45, 2.75) is 25.8 Å². The van der Waals surface area contributed by atoms with Gasteiger partial charge < -0.3 is 16.0 Å². The maximum Gasteiger partial charge on any atom is 0.241 e. The molecule has 0 bridgehead atoms. The van der Waals surface area contributed by atoms with Gasteiger partial charge in [-0.05, 0) is 55.8 Å². The van der Waals surface area contributed by atoms with Gasteiger partial charge in [0, 0.05) is 31.1 Å². The van der Waals surface area contributed by atoms with Crippen LogP contribution in [0.4, 0.5) is 10.1 Å². The number of likely N-dealkylation sites (tertiary alicyclic amines) is 1. The standard InChI is InChI=1S/C24H29FN4O3/c25-20-6-8-21(9-7-20)29(15-12-22(26)30)23(31)17-28-13-10-19(11-14-28)24(32)27-16-18-4-2-1-3-5-18/h1-9,19H,10-17H2,(H2,26,30)(H,27,32). The average molecular weight is 441 g/mol. The predicted molar refractivity (Wildman–Crippen MR) is 120 cm³/mol. The number of rotatable bonds is 9. The Balaban J connectivity index is 1.50. The SMILES string of the molecule is NC(=O)CCN(C(=O)CN1CCC(C(=O)NCc2ccccc2)CC1)c1ccc(F)cc1. The first kappa shape index (κ1) is 23.4. The van der Waals surface area contributed by atoms with Gasteiger partial charge in [0.15, 0.2) is 0 Å². The van der Waals surface area contributed by atoms with Gasteiger partial charge in [-0.25, -0.2) is 4.39 Å². The van der Waals surface area contributed by atoms with E-state index in [9.17, 15) is 18.8 Å². The van der Waals surface area contributed by atoms with Crippen LogP contribution in [0.1, 0.15) is 24.8 Å². The van der Waals surface area contributed by atoms with Crippen molar-refractivity contribution in [3.8, 4) is 0 Å². The maximum absolute atomic E-state index is 13.3. The maximum atomic E-state index is 13.3. The summed E-state index contributed by atoms with van der Waals surface area (Å²) < 4.78 is 13.3. The number of piperidine rings is 1. The number of primary amides is 1. The Kier molecular flexibility index (Phi) is 8.33. The van der Waals surface area contributed by atoms with E-state index < -0.39 is 11.7 Å². The Morgan fingerprint density at radius 3 is 2.31 bits per heavy atom. The number of carbonyl (C=O) groups excluding carboxylic acids is 3. The van der Waals surface area contributed by atoms with Crippen molar-refractivity contribution in [1.29, 1.82) is 0 Å². The first-order valence-corrected chi connectivity index (χ1v) is 10.8. The number of carbonyl (C=O) groups is 3. The summed E-state index contributed by atoms with van der Waals surface area (Å²) in [6.07, 6.45) is 1.37. The predicted octanol–water partition coefficient (Wildman–Crippen LogP) is 2.06.